The molecule has 2 rings (SSSR count). The van der Waals surface area contributed by atoms with Gasteiger partial charge in [-0.15, -0.1) is 0 Å². The molecule has 5 heteroatoms. The van der Waals surface area contributed by atoms with E-state index in [0.717, 1.165) is 5.69 Å². The van der Waals surface area contributed by atoms with E-state index in [1.54, 1.807) is 36.4 Å². The molecule has 2 aromatic rings. The van der Waals surface area contributed by atoms with E-state index in [0.29, 0.717) is 10.6 Å². The maximum absolute atomic E-state index is 12.7. The van der Waals surface area contributed by atoms with Gasteiger partial charge in [0.25, 0.3) is 0 Å². The molecule has 0 saturated carbocycles. The third kappa shape index (κ3) is 3.45. The summed E-state index contributed by atoms with van der Waals surface area (Å²) in [5, 5.41) is 4.89. The maximum Gasteiger partial charge on any atom is 0.156 e. The molecule has 0 unspecified atom stereocenters. The summed E-state index contributed by atoms with van der Waals surface area (Å²) in [5.74, 6) is -0.311. The highest BCUT2D eigenvalue weighted by Gasteiger charge is 2.00. The lowest BCUT2D eigenvalue weighted by molar-refractivity contribution is 0.628. The second kappa shape index (κ2) is 5.85. The van der Waals surface area contributed by atoms with Gasteiger partial charge in [-0.1, -0.05) is 23.2 Å². The highest BCUT2D eigenvalue weighted by Crippen LogP contribution is 2.14. The van der Waals surface area contributed by atoms with E-state index in [1.807, 2.05) is 0 Å². The minimum absolute atomic E-state index is 0.255. The van der Waals surface area contributed by atoms with Gasteiger partial charge in [-0.25, -0.2) is 4.39 Å². The predicted molar refractivity (Wildman–Crippen MR) is 73.9 cm³/mol. The molecule has 2 nitrogen and oxygen atoms in total. The normalized spacial score (nSPS) is 11.4. The van der Waals surface area contributed by atoms with Crippen molar-refractivity contribution in [1.29, 1.82) is 0 Å². The van der Waals surface area contributed by atoms with E-state index in [4.69, 9.17) is 23.2 Å². The zero-order valence-corrected chi connectivity index (χ0v) is 10.7. The van der Waals surface area contributed by atoms with Gasteiger partial charge in [-0.05, 0) is 48.5 Å². The largest absolute Gasteiger partial charge is 0.277 e. The molecule has 0 spiro atoms. The summed E-state index contributed by atoms with van der Waals surface area (Å²) >= 11 is 11.7. The Hall–Kier alpha value is -1.58. The molecule has 0 aliphatic heterocycles. The smallest absolute Gasteiger partial charge is 0.156 e. The van der Waals surface area contributed by atoms with Crippen molar-refractivity contribution in [3.8, 4) is 0 Å². The zero-order chi connectivity index (χ0) is 13.0. The fourth-order valence-corrected chi connectivity index (χ4v) is 1.58. The molecular formula is C13H9Cl2FN2. The van der Waals surface area contributed by atoms with Crippen LogP contribution in [0.4, 0.5) is 10.1 Å². The van der Waals surface area contributed by atoms with Crippen LogP contribution in [0.25, 0.3) is 0 Å². The summed E-state index contributed by atoms with van der Waals surface area (Å²) in [6, 6.07) is 12.8. The number of nitrogens with one attached hydrogen (secondary N) is 1. The monoisotopic (exact) mass is 282 g/mol. The highest BCUT2D eigenvalue weighted by atomic mass is 35.5. The van der Waals surface area contributed by atoms with E-state index in [1.165, 1.54) is 12.1 Å². The second-order valence-electron chi connectivity index (χ2n) is 3.53. The molecule has 0 heterocycles. The maximum atomic E-state index is 12.7. The number of benzene rings is 2. The SMILES string of the molecule is Fc1ccc(C(Cl)=NNc2ccc(Cl)cc2)cc1. The minimum Gasteiger partial charge on any atom is -0.277 e. The summed E-state index contributed by atoms with van der Waals surface area (Å²) in [7, 11) is 0. The molecule has 0 fully saturated rings. The molecule has 0 radical (unpaired) electrons. The van der Waals surface area contributed by atoms with Crippen LogP contribution >= 0.6 is 23.2 Å². The van der Waals surface area contributed by atoms with Gasteiger partial charge < -0.3 is 0 Å². The standard InChI is InChI=1S/C13H9Cl2FN2/c14-10-3-7-12(8-4-10)17-18-13(15)9-1-5-11(16)6-2-9/h1-8,17H. The Morgan fingerprint density at radius 2 is 1.61 bits per heavy atom. The highest BCUT2D eigenvalue weighted by molar-refractivity contribution is 6.69. The number of hydrogen-bond acceptors (Lipinski definition) is 2. The molecule has 0 aromatic heterocycles. The first-order valence-corrected chi connectivity index (χ1v) is 5.91. The van der Waals surface area contributed by atoms with Crippen LogP contribution in [0.5, 0.6) is 0 Å². The summed E-state index contributed by atoms with van der Waals surface area (Å²) < 4.78 is 12.7. The molecule has 0 aliphatic rings. The number of anilines is 1. The van der Waals surface area contributed by atoms with Crippen LogP contribution in [-0.4, -0.2) is 5.17 Å². The van der Waals surface area contributed by atoms with E-state index in [2.05, 4.69) is 10.5 Å². The molecule has 1 N–H and O–H groups in total. The van der Waals surface area contributed by atoms with E-state index in [-0.39, 0.29) is 11.0 Å². The summed E-state index contributed by atoms with van der Waals surface area (Å²) in [5.41, 5.74) is 4.19. The van der Waals surface area contributed by atoms with Crippen molar-refractivity contribution in [3.63, 3.8) is 0 Å². The van der Waals surface area contributed by atoms with Gasteiger partial charge in [-0.2, -0.15) is 5.10 Å². The van der Waals surface area contributed by atoms with Crippen LogP contribution < -0.4 is 5.43 Å². The molecule has 0 bridgehead atoms. The number of nitrogens with zero attached hydrogens (tertiary/aromatic N) is 1. The summed E-state index contributed by atoms with van der Waals surface area (Å²) in [4.78, 5) is 0. The fraction of sp³-hybridized carbons (Fsp3) is 0. The fourth-order valence-electron chi connectivity index (χ4n) is 1.29. The number of halogens is 3. The van der Waals surface area contributed by atoms with Crippen molar-refractivity contribution in [3.05, 3.63) is 64.9 Å². The van der Waals surface area contributed by atoms with Crippen molar-refractivity contribution in [2.75, 3.05) is 5.43 Å². The Morgan fingerprint density at radius 3 is 2.22 bits per heavy atom. The average molecular weight is 283 g/mol. The van der Waals surface area contributed by atoms with E-state index >= 15 is 0 Å². The minimum atomic E-state index is -0.311. The molecule has 0 amide bonds. The molecule has 0 atom stereocenters. The topological polar surface area (TPSA) is 24.4 Å². The van der Waals surface area contributed by atoms with E-state index < -0.39 is 0 Å². The average Bonchev–Trinajstić information content (AvgIpc) is 2.38. The Bertz CT molecular complexity index is 550. The van der Waals surface area contributed by atoms with Gasteiger partial charge in [0.15, 0.2) is 5.17 Å². The van der Waals surface area contributed by atoms with Crippen molar-refractivity contribution in [2.45, 2.75) is 0 Å². The quantitative estimate of drug-likeness (QED) is 0.651. The Kier molecular flexibility index (Phi) is 4.18. The Balaban J connectivity index is 2.09. The molecule has 2 aromatic carbocycles. The van der Waals surface area contributed by atoms with Crippen molar-refractivity contribution in [2.24, 2.45) is 5.10 Å². The lowest BCUT2D eigenvalue weighted by atomic mass is 10.2. The van der Waals surface area contributed by atoms with Crippen molar-refractivity contribution >= 4 is 34.1 Å². The third-order valence-corrected chi connectivity index (χ3v) is 2.76. The van der Waals surface area contributed by atoms with Crippen LogP contribution in [0.15, 0.2) is 53.6 Å². The summed E-state index contributed by atoms with van der Waals surface area (Å²) in [6.07, 6.45) is 0. The van der Waals surface area contributed by atoms with E-state index in [9.17, 15) is 4.39 Å². The first-order chi connectivity index (χ1) is 8.65. The van der Waals surface area contributed by atoms with Gasteiger partial charge >= 0.3 is 0 Å². The van der Waals surface area contributed by atoms with Gasteiger partial charge in [0.2, 0.25) is 0 Å². The first-order valence-electron chi connectivity index (χ1n) is 5.16. The van der Waals surface area contributed by atoms with Crippen molar-refractivity contribution in [1.82, 2.24) is 0 Å². The zero-order valence-electron chi connectivity index (χ0n) is 9.20. The Morgan fingerprint density at radius 1 is 1.00 bits per heavy atom. The first kappa shape index (κ1) is 12.9. The van der Waals surface area contributed by atoms with Gasteiger partial charge in [-0.3, -0.25) is 5.43 Å². The lowest BCUT2D eigenvalue weighted by Crippen LogP contribution is -1.97. The molecule has 18 heavy (non-hydrogen) atoms. The lowest BCUT2D eigenvalue weighted by Gasteiger charge is -2.02. The van der Waals surface area contributed by atoms with Crippen LogP contribution in [0, 0.1) is 5.82 Å². The van der Waals surface area contributed by atoms with Crippen molar-refractivity contribution < 1.29 is 4.39 Å². The molecule has 0 saturated heterocycles. The van der Waals surface area contributed by atoms with Crippen LogP contribution in [0.1, 0.15) is 5.56 Å². The van der Waals surface area contributed by atoms with Gasteiger partial charge in [0.05, 0.1) is 5.69 Å². The molecule has 92 valence electrons. The predicted octanol–water partition coefficient (Wildman–Crippen LogP) is 4.49. The number of hydrazone groups is 1. The van der Waals surface area contributed by atoms with Gasteiger partial charge in [0.1, 0.15) is 5.82 Å². The van der Waals surface area contributed by atoms with Crippen LogP contribution in [-0.2, 0) is 0 Å². The molecule has 0 aliphatic carbocycles. The van der Waals surface area contributed by atoms with Crippen LogP contribution in [0.3, 0.4) is 0 Å². The van der Waals surface area contributed by atoms with Crippen LogP contribution in [0.2, 0.25) is 5.02 Å². The number of hydrogen-bond donors (Lipinski definition) is 1. The summed E-state index contributed by atoms with van der Waals surface area (Å²) in [6.45, 7) is 0. The molecular weight excluding hydrogens is 274 g/mol. The second-order valence-corrected chi connectivity index (χ2v) is 4.32. The van der Waals surface area contributed by atoms with Gasteiger partial charge in [0, 0.05) is 10.6 Å². The number of rotatable bonds is 3. The Labute approximate surface area is 114 Å². The third-order valence-electron chi connectivity index (χ3n) is 2.21.